The predicted molar refractivity (Wildman–Crippen MR) is 123 cm³/mol. The topological polar surface area (TPSA) is 49.9 Å². The number of rotatable bonds is 8. The molecule has 0 unspecified atom stereocenters. The third kappa shape index (κ3) is 5.01. The summed E-state index contributed by atoms with van der Waals surface area (Å²) in [6, 6.07) is 11.6. The smallest absolute Gasteiger partial charge is 0.242 e. The predicted octanol–water partition coefficient (Wildman–Crippen LogP) is 4.46. The minimum Gasteiger partial charge on any atom is -0.491 e. The van der Waals surface area contributed by atoms with Crippen LogP contribution in [0.25, 0.3) is 0 Å². The van der Waals surface area contributed by atoms with E-state index in [1.165, 1.54) is 4.88 Å². The average molecular weight is 439 g/mol. The molecule has 2 amide bonds. The van der Waals surface area contributed by atoms with Crippen molar-refractivity contribution in [2.75, 3.05) is 26.2 Å². The molecular weight excluding hydrogens is 408 g/mol. The number of amides is 2. The van der Waals surface area contributed by atoms with E-state index < -0.39 is 0 Å². The van der Waals surface area contributed by atoms with E-state index in [1.54, 1.807) is 22.3 Å². The highest BCUT2D eigenvalue weighted by molar-refractivity contribution is 7.10. The van der Waals surface area contributed by atoms with Crippen LogP contribution in [0.15, 0.2) is 54.4 Å². The van der Waals surface area contributed by atoms with Crippen LogP contribution in [-0.2, 0) is 16.0 Å². The van der Waals surface area contributed by atoms with Gasteiger partial charge >= 0.3 is 0 Å². The van der Waals surface area contributed by atoms with Gasteiger partial charge in [-0.15, -0.1) is 17.9 Å². The molecule has 0 spiro atoms. The molecular formula is C25H30N2O3S. The Bertz CT molecular complexity index is 905. The Kier molecular flexibility index (Phi) is 7.07. The summed E-state index contributed by atoms with van der Waals surface area (Å²) >= 11 is 1.74. The van der Waals surface area contributed by atoms with Crippen molar-refractivity contribution in [3.63, 3.8) is 0 Å². The van der Waals surface area contributed by atoms with Crippen LogP contribution in [0.3, 0.4) is 0 Å². The van der Waals surface area contributed by atoms with Gasteiger partial charge in [0.15, 0.2) is 0 Å². The van der Waals surface area contributed by atoms with Crippen LogP contribution in [0, 0.1) is 5.92 Å². The van der Waals surface area contributed by atoms with Crippen molar-refractivity contribution in [3.8, 4) is 5.75 Å². The van der Waals surface area contributed by atoms with Crippen molar-refractivity contribution >= 4 is 23.2 Å². The van der Waals surface area contributed by atoms with E-state index in [4.69, 9.17) is 4.74 Å². The lowest BCUT2D eigenvalue weighted by molar-refractivity contribution is -0.144. The summed E-state index contributed by atoms with van der Waals surface area (Å²) in [6.07, 6.45) is 6.60. The highest BCUT2D eigenvalue weighted by Crippen LogP contribution is 2.34. The number of nitrogens with zero attached hydrogens (tertiary/aromatic N) is 2. The van der Waals surface area contributed by atoms with E-state index in [-0.39, 0.29) is 30.3 Å². The number of carbonyl (C=O) groups is 2. The van der Waals surface area contributed by atoms with E-state index in [1.807, 2.05) is 35.2 Å². The molecule has 0 saturated heterocycles. The van der Waals surface area contributed by atoms with Crippen molar-refractivity contribution in [1.82, 2.24) is 9.80 Å². The second-order valence-electron chi connectivity index (χ2n) is 8.26. The Morgan fingerprint density at radius 3 is 2.71 bits per heavy atom. The van der Waals surface area contributed by atoms with Gasteiger partial charge in [-0.1, -0.05) is 37.1 Å². The minimum atomic E-state index is -0.144. The fourth-order valence-corrected chi connectivity index (χ4v) is 5.57. The van der Waals surface area contributed by atoms with Gasteiger partial charge in [0.25, 0.3) is 0 Å². The van der Waals surface area contributed by atoms with Gasteiger partial charge in [0.1, 0.15) is 18.9 Å². The van der Waals surface area contributed by atoms with Crippen molar-refractivity contribution in [3.05, 3.63) is 64.9 Å². The SMILES string of the molecule is C=CCN(CC(=O)N1CCc2sccc2[C@H]1COc1ccccc1)C(=O)C1CCCC1. The summed E-state index contributed by atoms with van der Waals surface area (Å²) in [5.41, 5.74) is 1.16. The number of carbonyl (C=O) groups excluding carboxylic acids is 2. The first-order valence-electron chi connectivity index (χ1n) is 11.1. The van der Waals surface area contributed by atoms with Gasteiger partial charge in [0.05, 0.1) is 6.04 Å². The summed E-state index contributed by atoms with van der Waals surface area (Å²) < 4.78 is 6.05. The zero-order valence-electron chi connectivity index (χ0n) is 17.9. The Labute approximate surface area is 188 Å². The number of benzene rings is 1. The largest absolute Gasteiger partial charge is 0.491 e. The zero-order chi connectivity index (χ0) is 21.6. The summed E-state index contributed by atoms with van der Waals surface area (Å²) in [5, 5.41) is 2.09. The van der Waals surface area contributed by atoms with E-state index in [2.05, 4.69) is 18.0 Å². The van der Waals surface area contributed by atoms with Crippen LogP contribution < -0.4 is 4.74 Å². The molecule has 31 heavy (non-hydrogen) atoms. The van der Waals surface area contributed by atoms with Crippen LogP contribution in [0.5, 0.6) is 5.75 Å². The second-order valence-corrected chi connectivity index (χ2v) is 9.27. The van der Waals surface area contributed by atoms with Gasteiger partial charge in [-0.25, -0.2) is 0 Å². The molecule has 5 nitrogen and oxygen atoms in total. The molecule has 1 atom stereocenters. The summed E-state index contributed by atoms with van der Waals surface area (Å²) in [6.45, 7) is 5.35. The second kappa shape index (κ2) is 10.1. The van der Waals surface area contributed by atoms with E-state index in [0.29, 0.717) is 19.7 Å². The highest BCUT2D eigenvalue weighted by Gasteiger charge is 2.34. The fourth-order valence-electron chi connectivity index (χ4n) is 4.64. The first-order chi connectivity index (χ1) is 15.2. The van der Waals surface area contributed by atoms with Crippen molar-refractivity contribution in [2.24, 2.45) is 5.92 Å². The maximum atomic E-state index is 13.4. The molecule has 2 heterocycles. The molecule has 0 N–H and O–H groups in total. The third-order valence-corrected chi connectivity index (χ3v) is 7.25. The Hall–Kier alpha value is -2.60. The van der Waals surface area contributed by atoms with Crippen molar-refractivity contribution in [2.45, 2.75) is 38.1 Å². The highest BCUT2D eigenvalue weighted by atomic mass is 32.1. The maximum Gasteiger partial charge on any atom is 0.242 e. The summed E-state index contributed by atoms with van der Waals surface area (Å²) in [4.78, 5) is 31.3. The molecule has 1 saturated carbocycles. The number of hydrogen-bond donors (Lipinski definition) is 0. The number of hydrogen-bond acceptors (Lipinski definition) is 4. The molecule has 0 radical (unpaired) electrons. The Balaban J connectivity index is 1.48. The molecule has 1 aliphatic carbocycles. The van der Waals surface area contributed by atoms with Crippen LogP contribution in [0.2, 0.25) is 0 Å². The normalized spacial score (nSPS) is 18.5. The molecule has 2 aliphatic rings. The van der Waals surface area contributed by atoms with Crippen LogP contribution in [0.1, 0.15) is 42.2 Å². The zero-order valence-corrected chi connectivity index (χ0v) is 18.7. The average Bonchev–Trinajstić information content (AvgIpc) is 3.49. The number of fused-ring (bicyclic) bond motifs is 1. The Morgan fingerprint density at radius 1 is 1.19 bits per heavy atom. The standard InChI is InChI=1S/C25H30N2O3S/c1-2-14-26(25(29)19-8-6-7-9-19)17-24(28)27-15-12-23-21(13-16-31-23)22(27)18-30-20-10-4-3-5-11-20/h2-5,10-11,13,16,19,22H,1,6-9,12,14-15,17-18H2/t22-/m1/s1. The molecule has 2 aromatic rings. The first-order valence-corrected chi connectivity index (χ1v) is 12.0. The van der Waals surface area contributed by atoms with Crippen LogP contribution in [0.4, 0.5) is 0 Å². The molecule has 4 rings (SSSR count). The molecule has 1 aliphatic heterocycles. The van der Waals surface area contributed by atoms with Gasteiger partial charge in [0, 0.05) is 23.9 Å². The molecule has 164 valence electrons. The molecule has 1 fully saturated rings. The van der Waals surface area contributed by atoms with Gasteiger partial charge in [-0.05, 0) is 48.4 Å². The number of para-hydroxylation sites is 1. The van der Waals surface area contributed by atoms with Gasteiger partial charge in [0.2, 0.25) is 11.8 Å². The van der Waals surface area contributed by atoms with Gasteiger partial charge < -0.3 is 14.5 Å². The summed E-state index contributed by atoms with van der Waals surface area (Å²) in [5.74, 6) is 0.916. The molecule has 1 aromatic heterocycles. The first kappa shape index (κ1) is 21.6. The fraction of sp³-hybridized carbons (Fsp3) is 0.440. The quantitative estimate of drug-likeness (QED) is 0.572. The monoisotopic (exact) mass is 438 g/mol. The van der Waals surface area contributed by atoms with Crippen LogP contribution >= 0.6 is 11.3 Å². The summed E-state index contributed by atoms with van der Waals surface area (Å²) in [7, 11) is 0. The molecule has 1 aromatic carbocycles. The maximum absolute atomic E-state index is 13.4. The van der Waals surface area contributed by atoms with Gasteiger partial charge in [-0.3, -0.25) is 9.59 Å². The van der Waals surface area contributed by atoms with Crippen molar-refractivity contribution < 1.29 is 14.3 Å². The lowest BCUT2D eigenvalue weighted by Gasteiger charge is -2.37. The number of ether oxygens (including phenoxy) is 1. The van der Waals surface area contributed by atoms with E-state index in [0.717, 1.165) is 43.4 Å². The van der Waals surface area contributed by atoms with Gasteiger partial charge in [-0.2, -0.15) is 0 Å². The van der Waals surface area contributed by atoms with Crippen molar-refractivity contribution in [1.29, 1.82) is 0 Å². The third-order valence-electron chi connectivity index (χ3n) is 6.26. The van der Waals surface area contributed by atoms with E-state index >= 15 is 0 Å². The lowest BCUT2D eigenvalue weighted by atomic mass is 10.00. The molecule has 6 heteroatoms. The van der Waals surface area contributed by atoms with E-state index in [9.17, 15) is 9.59 Å². The minimum absolute atomic E-state index is 0.0216. The van der Waals surface area contributed by atoms with Crippen LogP contribution in [-0.4, -0.2) is 47.9 Å². The Morgan fingerprint density at radius 2 is 1.97 bits per heavy atom. The lowest BCUT2D eigenvalue weighted by Crippen LogP contribution is -2.48. The number of thiophene rings is 1. The molecule has 0 bridgehead atoms.